The number of carbonyl (C=O) groups excluding carboxylic acids is 1. The zero-order chi connectivity index (χ0) is 12.8. The van der Waals surface area contributed by atoms with Crippen molar-refractivity contribution >= 4 is 33.3 Å². The van der Waals surface area contributed by atoms with E-state index in [1.165, 1.54) is 0 Å². The molecule has 0 fully saturated rings. The minimum Gasteiger partial charge on any atom is -0.396 e. The third kappa shape index (κ3) is 4.22. The number of pyridine rings is 1. The maximum Gasteiger partial charge on any atom is 0.239 e. The number of rotatable bonds is 5. The van der Waals surface area contributed by atoms with Crippen LogP contribution in [-0.2, 0) is 4.79 Å². The monoisotopic (exact) mass is 300 g/mol. The number of carbonyl (C=O) groups is 1. The summed E-state index contributed by atoms with van der Waals surface area (Å²) in [5.74, 6) is 0.582. The number of hydrogen-bond acceptors (Lipinski definition) is 4. The van der Waals surface area contributed by atoms with Gasteiger partial charge in [-0.25, -0.2) is 4.98 Å². The number of hydrogen-bond donors (Lipinski definition) is 2. The lowest BCUT2D eigenvalue weighted by molar-refractivity contribution is -0.119. The molecule has 1 aromatic rings. The van der Waals surface area contributed by atoms with Crippen LogP contribution in [0.15, 0.2) is 16.7 Å². The van der Waals surface area contributed by atoms with Gasteiger partial charge in [-0.2, -0.15) is 0 Å². The van der Waals surface area contributed by atoms with E-state index < -0.39 is 0 Å². The fraction of sp³-hybridized carbons (Fsp3) is 0.455. The van der Waals surface area contributed by atoms with Crippen LogP contribution >= 0.6 is 15.9 Å². The first-order valence-corrected chi connectivity index (χ1v) is 6.22. The molecule has 0 bridgehead atoms. The van der Waals surface area contributed by atoms with E-state index >= 15 is 0 Å². The van der Waals surface area contributed by atoms with Crippen LogP contribution in [0.4, 0.5) is 11.5 Å². The third-order valence-electron chi connectivity index (χ3n) is 2.18. The zero-order valence-corrected chi connectivity index (χ0v) is 11.6. The number of nitrogens with two attached hydrogens (primary N) is 1. The van der Waals surface area contributed by atoms with Gasteiger partial charge in [-0.3, -0.25) is 4.79 Å². The number of amides is 1. The Morgan fingerprint density at radius 3 is 2.94 bits per heavy atom. The fourth-order valence-electron chi connectivity index (χ4n) is 1.38. The molecule has 0 aliphatic heterocycles. The Kier molecular flexibility index (Phi) is 5.21. The van der Waals surface area contributed by atoms with Crippen molar-refractivity contribution in [1.82, 2.24) is 10.3 Å². The predicted molar refractivity (Wildman–Crippen MR) is 72.9 cm³/mol. The lowest BCUT2D eigenvalue weighted by Gasteiger charge is -2.19. The second-order valence-electron chi connectivity index (χ2n) is 3.77. The second-order valence-corrected chi connectivity index (χ2v) is 4.69. The van der Waals surface area contributed by atoms with Gasteiger partial charge < -0.3 is 16.0 Å². The summed E-state index contributed by atoms with van der Waals surface area (Å²) in [5, 5.41) is 2.81. The van der Waals surface area contributed by atoms with Gasteiger partial charge in [-0.15, -0.1) is 0 Å². The Balaban J connectivity index is 2.63. The van der Waals surface area contributed by atoms with Crippen molar-refractivity contribution in [3.63, 3.8) is 0 Å². The van der Waals surface area contributed by atoms with E-state index in [-0.39, 0.29) is 12.5 Å². The van der Waals surface area contributed by atoms with Crippen molar-refractivity contribution in [2.24, 2.45) is 0 Å². The molecule has 94 valence electrons. The summed E-state index contributed by atoms with van der Waals surface area (Å²) < 4.78 is 0.822. The first-order chi connectivity index (χ1) is 8.04. The molecule has 17 heavy (non-hydrogen) atoms. The van der Waals surface area contributed by atoms with Crippen LogP contribution in [0.1, 0.15) is 13.3 Å². The number of anilines is 2. The van der Waals surface area contributed by atoms with Crippen LogP contribution in [0.5, 0.6) is 0 Å². The lowest BCUT2D eigenvalue weighted by Crippen LogP contribution is -2.36. The molecule has 0 aliphatic carbocycles. The predicted octanol–water partition coefficient (Wildman–Crippen LogP) is 1.39. The number of nitrogens with one attached hydrogen (secondary N) is 1. The van der Waals surface area contributed by atoms with Gasteiger partial charge in [0.05, 0.1) is 12.2 Å². The Morgan fingerprint density at radius 1 is 1.65 bits per heavy atom. The van der Waals surface area contributed by atoms with Gasteiger partial charge in [0.1, 0.15) is 0 Å². The van der Waals surface area contributed by atoms with E-state index in [1.54, 1.807) is 24.2 Å². The molecule has 1 rings (SSSR count). The minimum absolute atomic E-state index is 0.0292. The highest BCUT2D eigenvalue weighted by Gasteiger charge is 2.11. The molecular weight excluding hydrogens is 284 g/mol. The van der Waals surface area contributed by atoms with Crippen molar-refractivity contribution in [2.45, 2.75) is 13.3 Å². The van der Waals surface area contributed by atoms with E-state index in [0.717, 1.165) is 10.9 Å². The molecule has 0 aromatic carbocycles. The van der Waals surface area contributed by atoms with Gasteiger partial charge in [-0.1, -0.05) is 6.92 Å². The highest BCUT2D eigenvalue weighted by molar-refractivity contribution is 9.10. The Labute approximate surface area is 110 Å². The third-order valence-corrected chi connectivity index (χ3v) is 2.61. The van der Waals surface area contributed by atoms with Crippen molar-refractivity contribution in [1.29, 1.82) is 0 Å². The molecule has 0 radical (unpaired) electrons. The molecule has 0 saturated heterocycles. The molecule has 0 aliphatic rings. The molecule has 0 atom stereocenters. The summed E-state index contributed by atoms with van der Waals surface area (Å²) in [6, 6.07) is 1.77. The number of likely N-dealkylation sites (N-methyl/N-ethyl adjacent to an activating group) is 1. The number of nitrogen functional groups attached to an aromatic ring is 1. The maximum absolute atomic E-state index is 11.5. The first-order valence-electron chi connectivity index (χ1n) is 5.43. The minimum atomic E-state index is -0.0292. The lowest BCUT2D eigenvalue weighted by atomic mass is 10.3. The second kappa shape index (κ2) is 6.44. The molecule has 0 saturated carbocycles. The molecule has 3 N–H and O–H groups in total. The van der Waals surface area contributed by atoms with Crippen LogP contribution in [0.25, 0.3) is 0 Å². The Bertz CT molecular complexity index is 397. The molecule has 1 amide bonds. The Morgan fingerprint density at radius 2 is 2.35 bits per heavy atom. The van der Waals surface area contributed by atoms with Gasteiger partial charge in [-0.05, 0) is 28.4 Å². The molecule has 6 heteroatoms. The average molecular weight is 301 g/mol. The highest BCUT2D eigenvalue weighted by atomic mass is 79.9. The molecular formula is C11H17BrN4O. The van der Waals surface area contributed by atoms with Crippen LogP contribution in [-0.4, -0.2) is 31.0 Å². The first kappa shape index (κ1) is 13.8. The Hall–Kier alpha value is -1.30. The smallest absolute Gasteiger partial charge is 0.239 e. The van der Waals surface area contributed by atoms with Crippen molar-refractivity contribution in [2.75, 3.05) is 30.8 Å². The molecule has 5 nitrogen and oxygen atoms in total. The van der Waals surface area contributed by atoms with E-state index in [2.05, 4.69) is 26.2 Å². The average Bonchev–Trinajstić information content (AvgIpc) is 2.26. The molecule has 0 unspecified atom stereocenters. The zero-order valence-electron chi connectivity index (χ0n) is 10.0. The van der Waals surface area contributed by atoms with Gasteiger partial charge in [0.25, 0.3) is 0 Å². The van der Waals surface area contributed by atoms with Crippen LogP contribution < -0.4 is 16.0 Å². The standard InChI is InChI=1S/C11H17BrN4O/c1-3-4-14-10(17)7-16(2)11-9(13)5-8(12)6-15-11/h5-6H,3-4,7,13H2,1-2H3,(H,14,17). The number of halogens is 1. The number of nitrogens with zero attached hydrogens (tertiary/aromatic N) is 2. The normalized spacial score (nSPS) is 10.1. The summed E-state index contributed by atoms with van der Waals surface area (Å²) in [7, 11) is 1.79. The van der Waals surface area contributed by atoms with Crippen LogP contribution in [0.2, 0.25) is 0 Å². The van der Waals surface area contributed by atoms with E-state index in [0.29, 0.717) is 18.1 Å². The molecule has 1 aromatic heterocycles. The maximum atomic E-state index is 11.5. The summed E-state index contributed by atoms with van der Waals surface area (Å²) in [5.41, 5.74) is 6.38. The highest BCUT2D eigenvalue weighted by Crippen LogP contribution is 2.22. The van der Waals surface area contributed by atoms with Crippen molar-refractivity contribution in [3.05, 3.63) is 16.7 Å². The van der Waals surface area contributed by atoms with E-state index in [1.807, 2.05) is 6.92 Å². The van der Waals surface area contributed by atoms with Crippen LogP contribution in [0, 0.1) is 0 Å². The van der Waals surface area contributed by atoms with Gasteiger partial charge in [0.15, 0.2) is 5.82 Å². The van der Waals surface area contributed by atoms with E-state index in [9.17, 15) is 4.79 Å². The summed E-state index contributed by atoms with van der Waals surface area (Å²) in [6.45, 7) is 2.95. The van der Waals surface area contributed by atoms with E-state index in [4.69, 9.17) is 5.73 Å². The fourth-order valence-corrected chi connectivity index (χ4v) is 1.73. The van der Waals surface area contributed by atoms with Gasteiger partial charge >= 0.3 is 0 Å². The summed E-state index contributed by atoms with van der Waals surface area (Å²) in [6.07, 6.45) is 2.58. The van der Waals surface area contributed by atoms with Crippen molar-refractivity contribution < 1.29 is 4.79 Å². The quantitative estimate of drug-likeness (QED) is 0.862. The summed E-state index contributed by atoms with van der Waals surface area (Å²) >= 11 is 3.29. The molecule has 1 heterocycles. The van der Waals surface area contributed by atoms with Gasteiger partial charge in [0, 0.05) is 24.3 Å². The number of aromatic nitrogens is 1. The topological polar surface area (TPSA) is 71.2 Å². The SMILES string of the molecule is CCCNC(=O)CN(C)c1ncc(Br)cc1N. The van der Waals surface area contributed by atoms with Gasteiger partial charge in [0.2, 0.25) is 5.91 Å². The molecule has 0 spiro atoms. The van der Waals surface area contributed by atoms with Crippen molar-refractivity contribution in [3.8, 4) is 0 Å². The largest absolute Gasteiger partial charge is 0.396 e. The van der Waals surface area contributed by atoms with Crippen LogP contribution in [0.3, 0.4) is 0 Å². The summed E-state index contributed by atoms with van der Waals surface area (Å²) in [4.78, 5) is 17.4.